The fourth-order valence-electron chi connectivity index (χ4n) is 5.06. The Labute approximate surface area is 226 Å². The van der Waals surface area contributed by atoms with Gasteiger partial charge in [-0.3, -0.25) is 13.9 Å². The minimum Gasteiger partial charge on any atom is -0.352 e. The van der Waals surface area contributed by atoms with Crippen molar-refractivity contribution in [3.8, 4) is 0 Å². The summed E-state index contributed by atoms with van der Waals surface area (Å²) in [6, 6.07) is 10.9. The van der Waals surface area contributed by atoms with Crippen molar-refractivity contribution in [2.24, 2.45) is 0 Å². The molecule has 0 spiro atoms. The van der Waals surface area contributed by atoms with E-state index in [4.69, 9.17) is 0 Å². The third-order valence-electron chi connectivity index (χ3n) is 7.35. The molecule has 0 saturated heterocycles. The fraction of sp³-hybridized carbons (Fsp3) is 0.517. The topological polar surface area (TPSA) is 86.8 Å². The van der Waals surface area contributed by atoms with Crippen molar-refractivity contribution in [1.82, 2.24) is 10.2 Å². The van der Waals surface area contributed by atoms with Gasteiger partial charge in [0.05, 0.1) is 11.9 Å². The molecule has 0 bridgehead atoms. The molecule has 9 heteroatoms. The van der Waals surface area contributed by atoms with Crippen molar-refractivity contribution in [3.05, 3.63) is 65.0 Å². The first-order valence-electron chi connectivity index (χ1n) is 13.4. The number of aryl methyl sites for hydroxylation is 1. The first kappa shape index (κ1) is 29.6. The molecule has 2 aromatic rings. The van der Waals surface area contributed by atoms with Crippen LogP contribution < -0.4 is 9.62 Å². The van der Waals surface area contributed by atoms with Crippen LogP contribution in [0.2, 0.25) is 0 Å². The molecule has 1 aliphatic rings. The number of nitrogens with one attached hydrogen (secondary N) is 1. The number of hydrogen-bond donors (Lipinski definition) is 1. The zero-order chi connectivity index (χ0) is 27.9. The van der Waals surface area contributed by atoms with Gasteiger partial charge in [-0.25, -0.2) is 12.8 Å². The largest absolute Gasteiger partial charge is 0.352 e. The van der Waals surface area contributed by atoms with Gasteiger partial charge in [-0.15, -0.1) is 0 Å². The first-order valence-corrected chi connectivity index (χ1v) is 15.2. The van der Waals surface area contributed by atoms with E-state index in [-0.39, 0.29) is 43.2 Å². The SMILES string of the molecule is CC[C@@H](C(=O)NC1CCCC1)N(Cc1ccc(F)cc1)C(=O)CCCN(c1cccc(C)c1C)S(C)(=O)=O. The van der Waals surface area contributed by atoms with Crippen molar-refractivity contribution in [2.45, 2.75) is 84.3 Å². The van der Waals surface area contributed by atoms with Crippen molar-refractivity contribution >= 4 is 27.5 Å². The molecule has 208 valence electrons. The monoisotopic (exact) mass is 545 g/mol. The number of amides is 2. The average Bonchev–Trinajstić information content (AvgIpc) is 3.37. The number of benzene rings is 2. The molecule has 0 heterocycles. The highest BCUT2D eigenvalue weighted by molar-refractivity contribution is 7.92. The van der Waals surface area contributed by atoms with E-state index in [9.17, 15) is 22.4 Å². The number of anilines is 1. The van der Waals surface area contributed by atoms with E-state index in [2.05, 4.69) is 5.32 Å². The molecule has 7 nitrogen and oxygen atoms in total. The minimum absolute atomic E-state index is 0.0747. The Morgan fingerprint density at radius 1 is 1.08 bits per heavy atom. The summed E-state index contributed by atoms with van der Waals surface area (Å²) in [5.74, 6) is -0.787. The maximum atomic E-state index is 13.5. The molecule has 1 N–H and O–H groups in total. The van der Waals surface area contributed by atoms with E-state index in [1.165, 1.54) is 16.4 Å². The second-order valence-corrected chi connectivity index (χ2v) is 12.1. The van der Waals surface area contributed by atoms with Crippen molar-refractivity contribution < 1.29 is 22.4 Å². The third-order valence-corrected chi connectivity index (χ3v) is 8.53. The second-order valence-electron chi connectivity index (χ2n) is 10.2. The van der Waals surface area contributed by atoms with Crippen LogP contribution in [0.4, 0.5) is 10.1 Å². The van der Waals surface area contributed by atoms with Gasteiger partial charge in [-0.1, -0.05) is 44.0 Å². The Kier molecular flexibility index (Phi) is 10.3. The predicted octanol–water partition coefficient (Wildman–Crippen LogP) is 4.85. The van der Waals surface area contributed by atoms with Crippen LogP contribution in [0.25, 0.3) is 0 Å². The van der Waals surface area contributed by atoms with E-state index in [1.54, 1.807) is 23.1 Å². The van der Waals surface area contributed by atoms with Gasteiger partial charge in [0.2, 0.25) is 21.8 Å². The summed E-state index contributed by atoms with van der Waals surface area (Å²) in [6.45, 7) is 5.99. The van der Waals surface area contributed by atoms with Crippen LogP contribution in [-0.2, 0) is 26.2 Å². The summed E-state index contributed by atoms with van der Waals surface area (Å²) in [4.78, 5) is 28.3. The van der Waals surface area contributed by atoms with E-state index < -0.39 is 16.1 Å². The summed E-state index contributed by atoms with van der Waals surface area (Å²) in [5, 5.41) is 3.11. The van der Waals surface area contributed by atoms with Gasteiger partial charge in [-0.2, -0.15) is 0 Å². The second kappa shape index (κ2) is 13.2. The van der Waals surface area contributed by atoms with Crippen molar-refractivity contribution in [1.29, 1.82) is 0 Å². The summed E-state index contributed by atoms with van der Waals surface area (Å²) in [7, 11) is -3.57. The van der Waals surface area contributed by atoms with Gasteiger partial charge in [0, 0.05) is 25.6 Å². The van der Waals surface area contributed by atoms with E-state index in [1.807, 2.05) is 32.9 Å². The van der Waals surface area contributed by atoms with Gasteiger partial charge in [0.15, 0.2) is 0 Å². The Hall–Kier alpha value is -2.94. The lowest BCUT2D eigenvalue weighted by Crippen LogP contribution is -2.51. The molecular weight excluding hydrogens is 505 g/mol. The molecule has 0 aromatic heterocycles. The summed E-state index contributed by atoms with van der Waals surface area (Å²) in [5.41, 5.74) is 3.18. The van der Waals surface area contributed by atoms with Gasteiger partial charge in [0.25, 0.3) is 0 Å². The van der Waals surface area contributed by atoms with Crippen LogP contribution in [0.3, 0.4) is 0 Å². The van der Waals surface area contributed by atoms with E-state index in [0.29, 0.717) is 18.5 Å². The minimum atomic E-state index is -3.57. The van der Waals surface area contributed by atoms with E-state index in [0.717, 1.165) is 48.6 Å². The molecule has 1 fully saturated rings. The van der Waals surface area contributed by atoms with Crippen molar-refractivity contribution in [2.75, 3.05) is 17.1 Å². The van der Waals surface area contributed by atoms with E-state index >= 15 is 0 Å². The van der Waals surface area contributed by atoms with Gasteiger partial charge in [-0.05, 0) is 74.4 Å². The number of carbonyl (C=O) groups is 2. The average molecular weight is 546 g/mol. The molecule has 0 radical (unpaired) electrons. The van der Waals surface area contributed by atoms with Gasteiger partial charge >= 0.3 is 0 Å². The zero-order valence-electron chi connectivity index (χ0n) is 22.9. The lowest BCUT2D eigenvalue weighted by molar-refractivity contribution is -0.141. The molecule has 0 aliphatic heterocycles. The Morgan fingerprint density at radius 3 is 2.34 bits per heavy atom. The predicted molar refractivity (Wildman–Crippen MR) is 149 cm³/mol. The van der Waals surface area contributed by atoms with Crippen molar-refractivity contribution in [3.63, 3.8) is 0 Å². The van der Waals surface area contributed by atoms with Gasteiger partial charge in [0.1, 0.15) is 11.9 Å². The molecule has 38 heavy (non-hydrogen) atoms. The first-order chi connectivity index (χ1) is 18.0. The van der Waals surface area contributed by atoms with Crippen LogP contribution in [0.5, 0.6) is 0 Å². The summed E-state index contributed by atoms with van der Waals surface area (Å²) in [6.07, 6.45) is 6.00. The maximum absolute atomic E-state index is 13.5. The highest BCUT2D eigenvalue weighted by Crippen LogP contribution is 2.26. The maximum Gasteiger partial charge on any atom is 0.243 e. The Balaban J connectivity index is 1.77. The molecule has 2 aromatic carbocycles. The normalized spacial score (nSPS) is 14.8. The zero-order valence-corrected chi connectivity index (χ0v) is 23.7. The lowest BCUT2D eigenvalue weighted by atomic mass is 10.1. The molecule has 1 aliphatic carbocycles. The highest BCUT2D eigenvalue weighted by Gasteiger charge is 2.31. The molecular formula is C29H40FN3O4S. The molecule has 0 unspecified atom stereocenters. The quantitative estimate of drug-likeness (QED) is 0.413. The molecule has 1 saturated carbocycles. The molecule has 3 rings (SSSR count). The number of halogens is 1. The number of hydrogen-bond acceptors (Lipinski definition) is 4. The molecule has 2 amide bonds. The fourth-order valence-corrected chi connectivity index (χ4v) is 6.08. The Bertz CT molecular complexity index is 1210. The van der Waals surface area contributed by atoms with Crippen LogP contribution in [0.1, 0.15) is 68.6 Å². The summed E-state index contributed by atoms with van der Waals surface area (Å²) < 4.78 is 40.1. The lowest BCUT2D eigenvalue weighted by Gasteiger charge is -2.32. The third kappa shape index (κ3) is 7.79. The number of nitrogens with zero attached hydrogens (tertiary/aromatic N) is 2. The number of sulfonamides is 1. The summed E-state index contributed by atoms with van der Waals surface area (Å²) >= 11 is 0. The van der Waals surface area contributed by atoms with Gasteiger partial charge < -0.3 is 10.2 Å². The van der Waals surface area contributed by atoms with Crippen LogP contribution in [0.15, 0.2) is 42.5 Å². The van der Waals surface area contributed by atoms with Crippen LogP contribution in [-0.4, -0.2) is 50.0 Å². The standard InChI is InChI=1S/C29H40FN3O4S/c1-5-26(29(35)31-25-11-6-7-12-25)32(20-23-15-17-24(30)18-16-23)28(34)14-9-19-33(38(4,36)37)27-13-8-10-21(2)22(27)3/h8,10,13,15-18,25-26H,5-7,9,11-12,14,19-20H2,1-4H3,(H,31,35)/t26-/m0/s1. The smallest absolute Gasteiger partial charge is 0.243 e. The Morgan fingerprint density at radius 2 is 1.74 bits per heavy atom. The highest BCUT2D eigenvalue weighted by atomic mass is 32.2. The number of rotatable bonds is 12. The molecule has 1 atom stereocenters. The van der Waals surface area contributed by atoms with Crippen LogP contribution in [0, 0.1) is 19.7 Å². The van der Waals surface area contributed by atoms with Crippen LogP contribution >= 0.6 is 0 Å². The number of carbonyl (C=O) groups excluding carboxylic acids is 2.